The van der Waals surface area contributed by atoms with Gasteiger partial charge in [-0.2, -0.15) is 0 Å². The molecule has 17 heavy (non-hydrogen) atoms. The molecule has 0 atom stereocenters. The molecular formula is C14H17BrO2. The van der Waals surface area contributed by atoms with Crippen LogP contribution in [0.2, 0.25) is 0 Å². The molecule has 2 nitrogen and oxygen atoms in total. The number of rotatable bonds is 3. The number of carbonyl (C=O) groups excluding carboxylic acids is 1. The molecule has 1 aromatic carbocycles. The third-order valence-electron chi connectivity index (χ3n) is 1.94. The zero-order valence-corrected chi connectivity index (χ0v) is 12.0. The Balaban J connectivity index is 2.74. The maximum Gasteiger partial charge on any atom is 0.338 e. The SMILES string of the molecule is CC(C)(C)OC(=O)c1ccc(C=CCBr)cc1. The number of allylic oxidation sites excluding steroid dienone is 1. The van der Waals surface area contributed by atoms with Gasteiger partial charge in [0.05, 0.1) is 5.56 Å². The van der Waals surface area contributed by atoms with Crippen LogP contribution < -0.4 is 0 Å². The smallest absolute Gasteiger partial charge is 0.338 e. The maximum absolute atomic E-state index is 11.7. The first kappa shape index (κ1) is 14.0. The van der Waals surface area contributed by atoms with Crippen molar-refractivity contribution in [3.05, 3.63) is 41.5 Å². The molecule has 0 amide bonds. The molecule has 92 valence electrons. The van der Waals surface area contributed by atoms with Crippen LogP contribution in [0.4, 0.5) is 0 Å². The highest BCUT2D eigenvalue weighted by Crippen LogP contribution is 2.13. The monoisotopic (exact) mass is 296 g/mol. The Morgan fingerprint density at radius 3 is 2.35 bits per heavy atom. The van der Waals surface area contributed by atoms with E-state index in [9.17, 15) is 4.79 Å². The van der Waals surface area contributed by atoms with Crippen molar-refractivity contribution in [1.82, 2.24) is 0 Å². The van der Waals surface area contributed by atoms with Gasteiger partial charge < -0.3 is 4.74 Å². The molecule has 0 heterocycles. The van der Waals surface area contributed by atoms with Crippen LogP contribution in [0.15, 0.2) is 30.3 Å². The lowest BCUT2D eigenvalue weighted by Gasteiger charge is -2.19. The Kier molecular flexibility index (Phi) is 4.94. The molecule has 0 aliphatic heterocycles. The van der Waals surface area contributed by atoms with Gasteiger partial charge in [0.15, 0.2) is 0 Å². The van der Waals surface area contributed by atoms with E-state index in [2.05, 4.69) is 15.9 Å². The maximum atomic E-state index is 11.7. The normalized spacial score (nSPS) is 11.8. The van der Waals surface area contributed by atoms with Crippen molar-refractivity contribution < 1.29 is 9.53 Å². The summed E-state index contributed by atoms with van der Waals surface area (Å²) in [6.07, 6.45) is 4.00. The summed E-state index contributed by atoms with van der Waals surface area (Å²) in [4.78, 5) is 11.7. The highest BCUT2D eigenvalue weighted by molar-refractivity contribution is 9.09. The second-order valence-electron chi connectivity index (χ2n) is 4.68. The van der Waals surface area contributed by atoms with Crippen LogP contribution in [0, 0.1) is 0 Å². The Hall–Kier alpha value is -1.09. The van der Waals surface area contributed by atoms with Crippen LogP contribution >= 0.6 is 15.9 Å². The zero-order valence-electron chi connectivity index (χ0n) is 10.4. The van der Waals surface area contributed by atoms with Crippen LogP contribution in [0.25, 0.3) is 6.08 Å². The lowest BCUT2D eigenvalue weighted by atomic mass is 10.1. The molecule has 0 aromatic heterocycles. The number of carbonyl (C=O) groups is 1. The van der Waals surface area contributed by atoms with E-state index in [1.165, 1.54) is 0 Å². The number of alkyl halides is 1. The summed E-state index contributed by atoms with van der Waals surface area (Å²) in [6.45, 7) is 5.58. The summed E-state index contributed by atoms with van der Waals surface area (Å²) < 4.78 is 5.28. The van der Waals surface area contributed by atoms with Gasteiger partial charge in [-0.15, -0.1) is 0 Å². The van der Waals surface area contributed by atoms with E-state index in [1.807, 2.05) is 45.1 Å². The van der Waals surface area contributed by atoms with E-state index in [4.69, 9.17) is 4.74 Å². The summed E-state index contributed by atoms with van der Waals surface area (Å²) in [5, 5.41) is 0.820. The highest BCUT2D eigenvalue weighted by atomic mass is 79.9. The van der Waals surface area contributed by atoms with Gasteiger partial charge in [-0.1, -0.05) is 40.2 Å². The Morgan fingerprint density at radius 1 is 1.29 bits per heavy atom. The van der Waals surface area contributed by atoms with Gasteiger partial charge >= 0.3 is 5.97 Å². The Bertz CT molecular complexity index is 399. The third-order valence-corrected chi connectivity index (χ3v) is 2.32. The lowest BCUT2D eigenvalue weighted by Crippen LogP contribution is -2.23. The number of hydrogen-bond donors (Lipinski definition) is 0. The fraction of sp³-hybridized carbons (Fsp3) is 0.357. The van der Waals surface area contributed by atoms with Crippen LogP contribution in [0.5, 0.6) is 0 Å². The minimum atomic E-state index is -0.453. The van der Waals surface area contributed by atoms with Crippen LogP contribution in [-0.2, 0) is 4.74 Å². The predicted molar refractivity (Wildman–Crippen MR) is 74.4 cm³/mol. The Morgan fingerprint density at radius 2 is 1.88 bits per heavy atom. The molecule has 0 N–H and O–H groups in total. The second kappa shape index (κ2) is 6.01. The predicted octanol–water partition coefficient (Wildman–Crippen LogP) is 4.05. The fourth-order valence-corrected chi connectivity index (χ4v) is 1.43. The highest BCUT2D eigenvalue weighted by Gasteiger charge is 2.17. The third kappa shape index (κ3) is 5.18. The van der Waals surface area contributed by atoms with E-state index < -0.39 is 5.60 Å². The molecule has 0 saturated carbocycles. The number of ether oxygens (including phenoxy) is 1. The van der Waals surface area contributed by atoms with Crippen molar-refractivity contribution in [2.75, 3.05) is 5.33 Å². The summed E-state index contributed by atoms with van der Waals surface area (Å²) in [7, 11) is 0. The molecule has 0 bridgehead atoms. The van der Waals surface area contributed by atoms with E-state index in [0.717, 1.165) is 10.9 Å². The van der Waals surface area contributed by atoms with Gasteiger partial charge in [0, 0.05) is 5.33 Å². The van der Waals surface area contributed by atoms with Gasteiger partial charge in [-0.05, 0) is 38.5 Å². The van der Waals surface area contributed by atoms with Gasteiger partial charge in [-0.25, -0.2) is 4.79 Å². The molecular weight excluding hydrogens is 280 g/mol. The van der Waals surface area contributed by atoms with Gasteiger partial charge in [-0.3, -0.25) is 0 Å². The average molecular weight is 297 g/mol. The average Bonchev–Trinajstić information content (AvgIpc) is 2.24. The van der Waals surface area contributed by atoms with Crippen molar-refractivity contribution in [3.8, 4) is 0 Å². The van der Waals surface area contributed by atoms with E-state index in [0.29, 0.717) is 5.56 Å². The molecule has 0 saturated heterocycles. The van der Waals surface area contributed by atoms with Crippen LogP contribution in [-0.4, -0.2) is 16.9 Å². The fourth-order valence-electron chi connectivity index (χ4n) is 1.25. The first-order valence-electron chi connectivity index (χ1n) is 5.48. The Labute approximate surface area is 111 Å². The molecule has 0 unspecified atom stereocenters. The molecule has 0 spiro atoms. The summed E-state index contributed by atoms with van der Waals surface area (Å²) in [6, 6.07) is 7.36. The largest absolute Gasteiger partial charge is 0.456 e. The first-order valence-corrected chi connectivity index (χ1v) is 6.60. The van der Waals surface area contributed by atoms with Crippen molar-refractivity contribution in [2.45, 2.75) is 26.4 Å². The number of hydrogen-bond acceptors (Lipinski definition) is 2. The molecule has 1 rings (SSSR count). The second-order valence-corrected chi connectivity index (χ2v) is 5.33. The number of benzene rings is 1. The summed E-state index contributed by atoms with van der Waals surface area (Å²) in [5.74, 6) is -0.284. The van der Waals surface area contributed by atoms with Crippen LogP contribution in [0.3, 0.4) is 0 Å². The summed E-state index contributed by atoms with van der Waals surface area (Å²) in [5.41, 5.74) is 1.19. The van der Waals surface area contributed by atoms with Crippen molar-refractivity contribution in [2.24, 2.45) is 0 Å². The van der Waals surface area contributed by atoms with Crippen molar-refractivity contribution in [1.29, 1.82) is 0 Å². The van der Waals surface area contributed by atoms with Gasteiger partial charge in [0.2, 0.25) is 0 Å². The molecule has 0 fully saturated rings. The van der Waals surface area contributed by atoms with Gasteiger partial charge in [0.1, 0.15) is 5.60 Å². The molecule has 3 heteroatoms. The minimum Gasteiger partial charge on any atom is -0.456 e. The molecule has 1 aromatic rings. The van der Waals surface area contributed by atoms with Crippen LogP contribution in [0.1, 0.15) is 36.7 Å². The molecule has 0 radical (unpaired) electrons. The minimum absolute atomic E-state index is 0.284. The van der Waals surface area contributed by atoms with Crippen molar-refractivity contribution in [3.63, 3.8) is 0 Å². The van der Waals surface area contributed by atoms with Gasteiger partial charge in [0.25, 0.3) is 0 Å². The standard InChI is InChI=1S/C14H17BrO2/c1-14(2,3)17-13(16)12-8-6-11(7-9-12)5-4-10-15/h4-9H,10H2,1-3H3. The van der Waals surface area contributed by atoms with E-state index >= 15 is 0 Å². The zero-order chi connectivity index (χ0) is 12.9. The quantitative estimate of drug-likeness (QED) is 0.621. The summed E-state index contributed by atoms with van der Waals surface area (Å²) >= 11 is 3.32. The number of halogens is 1. The topological polar surface area (TPSA) is 26.3 Å². The van der Waals surface area contributed by atoms with Crippen molar-refractivity contribution >= 4 is 28.0 Å². The first-order chi connectivity index (χ1) is 7.92. The lowest BCUT2D eigenvalue weighted by molar-refractivity contribution is 0.00696. The molecule has 0 aliphatic rings. The van der Waals surface area contributed by atoms with E-state index in [1.54, 1.807) is 12.1 Å². The molecule has 0 aliphatic carbocycles. The van der Waals surface area contributed by atoms with E-state index in [-0.39, 0.29) is 5.97 Å². The number of esters is 1.